The molecule has 10 aliphatic heterocycles. The number of aliphatic hydroxyl groups excluding tert-OH is 4. The van der Waals surface area contributed by atoms with E-state index in [0.717, 1.165) is 43.2 Å². The number of anilines is 2. The van der Waals surface area contributed by atoms with Crippen molar-refractivity contribution in [2.45, 2.75) is 80.9 Å². The van der Waals surface area contributed by atoms with E-state index < -0.39 is 90.7 Å². The maximum absolute atomic E-state index is 15.0. The Morgan fingerprint density at radius 3 is 1.34 bits per heavy atom. The summed E-state index contributed by atoms with van der Waals surface area (Å²) in [5.74, 6) is -2.37. The SMILES string of the molecule is CC(O)[C@]12SS[C@]3(C(=O)N1C)[C@@H](O)C1(C45c6ccccc6N[C@@H]4N4C(=O)[C@@]6(C(C)O)SS[C@]4(C(=O)N6C)[C@H]5O)c4ccccc4N[C@@H]1N3C2=O. The van der Waals surface area contributed by atoms with Crippen LogP contribution in [0.5, 0.6) is 0 Å². The number of amides is 4. The van der Waals surface area contributed by atoms with Gasteiger partial charge in [-0.05, 0) is 80.3 Å². The average Bonchev–Trinajstić information content (AvgIpc) is 3.74. The molecule has 50 heavy (non-hydrogen) atoms. The van der Waals surface area contributed by atoms with Crippen LogP contribution in [0.1, 0.15) is 25.0 Å². The van der Waals surface area contributed by atoms with E-state index in [0.29, 0.717) is 22.5 Å². The Bertz CT molecular complexity index is 1870. The Labute approximate surface area is 301 Å². The Morgan fingerprint density at radius 2 is 0.980 bits per heavy atom. The Kier molecular flexibility index (Phi) is 5.86. The molecule has 0 aliphatic carbocycles. The molecule has 4 unspecified atom stereocenters. The lowest BCUT2D eigenvalue weighted by molar-refractivity contribution is -0.172. The van der Waals surface area contributed by atoms with Crippen LogP contribution in [0.4, 0.5) is 11.4 Å². The lowest BCUT2D eigenvalue weighted by Crippen LogP contribution is -2.80. The highest BCUT2D eigenvalue weighted by molar-refractivity contribution is 8.78. The van der Waals surface area contributed by atoms with E-state index >= 15 is 0 Å². The van der Waals surface area contributed by atoms with Gasteiger partial charge in [-0.1, -0.05) is 36.4 Å². The quantitative estimate of drug-likeness (QED) is 0.231. The molecular formula is C32H32N6O8S4. The van der Waals surface area contributed by atoms with Crippen LogP contribution in [0.3, 0.4) is 0 Å². The Hall–Kier alpha value is -2.84. The summed E-state index contributed by atoms with van der Waals surface area (Å²) in [6.07, 6.45) is -8.45. The first-order chi connectivity index (χ1) is 23.7. The first-order valence-electron chi connectivity index (χ1n) is 16.1. The molecule has 10 aliphatic rings. The largest absolute Gasteiger partial charge is 0.389 e. The van der Waals surface area contributed by atoms with Gasteiger partial charge in [0.2, 0.25) is 19.5 Å². The van der Waals surface area contributed by atoms with Crippen LogP contribution in [0.25, 0.3) is 0 Å². The predicted molar refractivity (Wildman–Crippen MR) is 187 cm³/mol. The molecule has 10 heterocycles. The molecule has 6 N–H and O–H groups in total. The Balaban J connectivity index is 1.33. The minimum Gasteiger partial charge on any atom is -0.389 e. The highest BCUT2D eigenvalue weighted by atomic mass is 33.1. The number of benzene rings is 2. The van der Waals surface area contributed by atoms with Crippen LogP contribution in [-0.2, 0) is 30.0 Å². The number of carbonyl (C=O) groups excluding carboxylic acids is 4. The third-order valence-electron chi connectivity index (χ3n) is 12.7. The van der Waals surface area contributed by atoms with Crippen molar-refractivity contribution in [3.05, 3.63) is 59.7 Å². The number of para-hydroxylation sites is 2. The number of nitrogens with zero attached hydrogens (tertiary/aromatic N) is 4. The highest BCUT2D eigenvalue weighted by Gasteiger charge is 2.93. The lowest BCUT2D eigenvalue weighted by atomic mass is 9.52. The average molecular weight is 757 g/mol. The zero-order chi connectivity index (χ0) is 35.3. The van der Waals surface area contributed by atoms with Gasteiger partial charge in [0.05, 0.1) is 23.0 Å². The zero-order valence-corrected chi connectivity index (χ0v) is 30.2. The van der Waals surface area contributed by atoms with Crippen LogP contribution in [-0.4, -0.2) is 134 Å². The van der Waals surface area contributed by atoms with Crippen LogP contribution in [0, 0.1) is 0 Å². The summed E-state index contributed by atoms with van der Waals surface area (Å²) in [4.78, 5) is 57.4. The molecule has 2 aromatic rings. The Morgan fingerprint density at radius 1 is 0.620 bits per heavy atom. The molecule has 0 saturated carbocycles. The van der Waals surface area contributed by atoms with E-state index in [-0.39, 0.29) is 0 Å². The molecule has 8 fully saturated rings. The van der Waals surface area contributed by atoms with Crippen LogP contribution >= 0.6 is 43.2 Å². The fraction of sp³-hybridized carbons (Fsp3) is 0.500. The van der Waals surface area contributed by atoms with Crippen molar-refractivity contribution in [3.63, 3.8) is 0 Å². The van der Waals surface area contributed by atoms with Crippen LogP contribution in [0.15, 0.2) is 48.5 Å². The van der Waals surface area contributed by atoms with E-state index in [1.807, 2.05) is 0 Å². The van der Waals surface area contributed by atoms with E-state index in [1.165, 1.54) is 47.5 Å². The van der Waals surface area contributed by atoms with Crippen molar-refractivity contribution in [1.82, 2.24) is 19.6 Å². The topological polar surface area (TPSA) is 186 Å². The maximum atomic E-state index is 15.0. The lowest BCUT2D eigenvalue weighted by Gasteiger charge is -2.59. The number of aliphatic hydroxyl groups is 4. The number of likely N-dealkylation sites (N-methyl/N-ethyl adjacent to an activating group) is 2. The second kappa shape index (κ2) is 9.20. The summed E-state index contributed by atoms with van der Waals surface area (Å²) in [7, 11) is 6.94. The fourth-order valence-corrected chi connectivity index (χ4v) is 18.6. The molecule has 0 radical (unpaired) electrons. The third kappa shape index (κ3) is 2.65. The summed E-state index contributed by atoms with van der Waals surface area (Å²) in [5.41, 5.74) is -1.52. The predicted octanol–water partition coefficient (Wildman–Crippen LogP) is 0.0526. The number of rotatable bonds is 3. The van der Waals surface area contributed by atoms with Crippen molar-refractivity contribution in [1.29, 1.82) is 0 Å². The van der Waals surface area contributed by atoms with Gasteiger partial charge in [0.1, 0.15) is 24.5 Å². The first-order valence-corrected chi connectivity index (χ1v) is 20.4. The number of nitrogens with one attached hydrogen (secondary N) is 2. The van der Waals surface area contributed by atoms with Crippen LogP contribution < -0.4 is 10.6 Å². The normalized spacial score (nSPS) is 45.5. The number of carbonyl (C=O) groups is 4. The molecule has 4 bridgehead atoms. The van der Waals surface area contributed by atoms with Gasteiger partial charge in [-0.3, -0.25) is 29.0 Å². The summed E-state index contributed by atoms with van der Waals surface area (Å²) < 4.78 is 0. The molecule has 12 rings (SSSR count). The van der Waals surface area contributed by atoms with Gasteiger partial charge < -0.3 is 40.9 Å². The second-order valence-electron chi connectivity index (χ2n) is 14.3. The smallest absolute Gasteiger partial charge is 0.266 e. The standard InChI is InChI=1S/C32H32N6O8S4/c1-13(39)29-25(45)37-21-27(15-9-5-7-11-17(15)33-21,19(41)31(37,49-47-29)23(43)35(29)3)28-16-10-6-8-12-18(16)34-22(28)38-26(46)30(14(2)40)36(4)24(44)32(38,20(28)42)50-48-30/h5-14,19-22,33-34,39-42H,1-4H3/t13?,14?,19-,20-,21+,22+,27?,28?,29+,30+,31-,32-/m0/s1. The van der Waals surface area contributed by atoms with Gasteiger partial charge in [0, 0.05) is 25.5 Å². The van der Waals surface area contributed by atoms with Crippen molar-refractivity contribution >= 4 is 78.2 Å². The molecule has 262 valence electrons. The molecule has 12 atom stereocenters. The number of piperazine rings is 2. The molecule has 2 spiro atoms. The van der Waals surface area contributed by atoms with Gasteiger partial charge >= 0.3 is 0 Å². The van der Waals surface area contributed by atoms with E-state index in [4.69, 9.17) is 0 Å². The minimum absolute atomic E-state index is 0.495. The van der Waals surface area contributed by atoms with E-state index in [2.05, 4.69) is 10.6 Å². The van der Waals surface area contributed by atoms with Gasteiger partial charge in [-0.15, -0.1) is 0 Å². The van der Waals surface area contributed by atoms with Crippen molar-refractivity contribution < 1.29 is 39.6 Å². The molecular weight excluding hydrogens is 725 g/mol. The number of hydrogen-bond donors (Lipinski definition) is 6. The van der Waals surface area contributed by atoms with Gasteiger partial charge in [-0.2, -0.15) is 0 Å². The van der Waals surface area contributed by atoms with Gasteiger partial charge in [-0.25, -0.2) is 0 Å². The molecule has 8 saturated heterocycles. The third-order valence-corrected chi connectivity index (χ3v) is 20.2. The maximum Gasteiger partial charge on any atom is 0.266 e. The van der Waals surface area contributed by atoms with Crippen molar-refractivity contribution in [3.8, 4) is 0 Å². The minimum atomic E-state index is -1.93. The van der Waals surface area contributed by atoms with Gasteiger partial charge in [0.15, 0.2) is 0 Å². The van der Waals surface area contributed by atoms with E-state index in [9.17, 15) is 39.6 Å². The summed E-state index contributed by atoms with van der Waals surface area (Å²) in [5, 5.41) is 56.0. The number of hydrogen-bond acceptors (Lipinski definition) is 14. The molecule has 4 amide bonds. The molecule has 0 aromatic heterocycles. The molecule has 14 nitrogen and oxygen atoms in total. The molecule has 18 heteroatoms. The van der Waals surface area contributed by atoms with Gasteiger partial charge in [0.25, 0.3) is 23.6 Å². The monoisotopic (exact) mass is 756 g/mol. The number of fused-ring (bicyclic) bond motifs is 11. The van der Waals surface area contributed by atoms with Crippen molar-refractivity contribution in [2.75, 3.05) is 24.7 Å². The first kappa shape index (κ1) is 31.9. The molecule has 2 aromatic carbocycles. The van der Waals surface area contributed by atoms with Crippen LogP contribution in [0.2, 0.25) is 0 Å². The highest BCUT2D eigenvalue weighted by Crippen LogP contribution is 2.78. The zero-order valence-electron chi connectivity index (χ0n) is 26.9. The summed E-state index contributed by atoms with van der Waals surface area (Å²) in [6.45, 7) is 2.90. The second-order valence-corrected chi connectivity index (χ2v) is 19.4. The summed E-state index contributed by atoms with van der Waals surface area (Å²) in [6, 6.07) is 14.3. The van der Waals surface area contributed by atoms with Crippen molar-refractivity contribution in [2.24, 2.45) is 0 Å². The van der Waals surface area contributed by atoms with E-state index in [1.54, 1.807) is 48.5 Å². The summed E-state index contributed by atoms with van der Waals surface area (Å²) >= 11 is 0. The fourth-order valence-electron chi connectivity index (χ4n) is 10.6.